The molecule has 0 unspecified atom stereocenters. The number of fused-ring (bicyclic) bond motifs is 2. The van der Waals surface area contributed by atoms with Gasteiger partial charge in [0.2, 0.25) is 0 Å². The number of nitrogens with zero attached hydrogens (tertiary/aromatic N) is 2. The van der Waals surface area contributed by atoms with Gasteiger partial charge in [0.05, 0.1) is 0 Å². The average molecular weight is 233 g/mol. The lowest BCUT2D eigenvalue weighted by atomic mass is 9.86. The number of aryl methyl sites for hydroxylation is 1. The van der Waals surface area contributed by atoms with Crippen LogP contribution in [0.5, 0.6) is 0 Å². The molecule has 0 aliphatic carbocycles. The third kappa shape index (κ3) is 1.97. The van der Waals surface area contributed by atoms with Gasteiger partial charge in [0.25, 0.3) is 5.91 Å². The summed E-state index contributed by atoms with van der Waals surface area (Å²) in [6.07, 6.45) is 3.21. The molecule has 92 valence electrons. The van der Waals surface area contributed by atoms with E-state index in [1.165, 1.54) is 6.42 Å². The highest BCUT2D eigenvalue weighted by Gasteiger charge is 2.33. The lowest BCUT2D eigenvalue weighted by molar-refractivity contribution is 0.0528. The second-order valence-electron chi connectivity index (χ2n) is 5.34. The molecule has 2 aliphatic heterocycles. The predicted molar refractivity (Wildman–Crippen MR) is 65.8 cm³/mol. The first-order chi connectivity index (χ1) is 8.24. The number of rotatable bonds is 1. The Hall–Kier alpha value is -1.29. The van der Waals surface area contributed by atoms with Crippen molar-refractivity contribution in [3.05, 3.63) is 24.0 Å². The van der Waals surface area contributed by atoms with Crippen molar-refractivity contribution >= 4 is 5.91 Å². The number of aromatic nitrogens is 1. The third-order valence-electron chi connectivity index (χ3n) is 3.94. The van der Waals surface area contributed by atoms with Crippen molar-refractivity contribution in [2.75, 3.05) is 26.2 Å². The van der Waals surface area contributed by atoms with Gasteiger partial charge in [0.15, 0.2) is 0 Å². The molecule has 2 atom stereocenters. The number of carbonyl (C=O) groups excluding carboxylic acids is 1. The largest absolute Gasteiger partial charge is 0.347 e. The van der Waals surface area contributed by atoms with Gasteiger partial charge in [-0.25, -0.2) is 0 Å². The van der Waals surface area contributed by atoms with Crippen LogP contribution in [0.25, 0.3) is 0 Å². The Labute approximate surface area is 102 Å². The van der Waals surface area contributed by atoms with E-state index in [4.69, 9.17) is 0 Å². The average Bonchev–Trinajstić information content (AvgIpc) is 2.74. The van der Waals surface area contributed by atoms with Crippen molar-refractivity contribution in [2.24, 2.45) is 18.9 Å². The number of piperidine rings is 2. The minimum Gasteiger partial charge on any atom is -0.347 e. The lowest BCUT2D eigenvalue weighted by Gasteiger charge is -2.41. The van der Waals surface area contributed by atoms with Crippen LogP contribution in [0.3, 0.4) is 0 Å². The van der Waals surface area contributed by atoms with Crippen LogP contribution >= 0.6 is 0 Å². The summed E-state index contributed by atoms with van der Waals surface area (Å²) in [5, 5.41) is 3.45. The summed E-state index contributed by atoms with van der Waals surface area (Å²) in [5.41, 5.74) is 0.804. The van der Waals surface area contributed by atoms with E-state index in [1.807, 2.05) is 34.8 Å². The molecule has 2 saturated heterocycles. The maximum Gasteiger partial charge on any atom is 0.270 e. The van der Waals surface area contributed by atoms with Crippen molar-refractivity contribution < 1.29 is 4.79 Å². The quantitative estimate of drug-likeness (QED) is 0.775. The standard InChI is InChI=1S/C13H19N3O/c1-15-4-2-3-12(15)13(17)16-8-10-5-11(9-16)7-14-6-10/h2-4,10-11,14H,5-9H2,1H3/t10-,11+. The van der Waals surface area contributed by atoms with Crippen molar-refractivity contribution in [3.8, 4) is 0 Å². The number of carbonyl (C=O) groups is 1. The molecule has 2 aliphatic rings. The lowest BCUT2D eigenvalue weighted by Crippen LogP contribution is -2.52. The second-order valence-corrected chi connectivity index (χ2v) is 5.34. The van der Waals surface area contributed by atoms with Crippen LogP contribution in [0.4, 0.5) is 0 Å². The van der Waals surface area contributed by atoms with Crippen LogP contribution < -0.4 is 5.32 Å². The monoisotopic (exact) mass is 233 g/mol. The Morgan fingerprint density at radius 1 is 1.35 bits per heavy atom. The zero-order chi connectivity index (χ0) is 11.8. The fraction of sp³-hybridized carbons (Fsp3) is 0.615. The summed E-state index contributed by atoms with van der Waals surface area (Å²) in [5.74, 6) is 1.48. The van der Waals surface area contributed by atoms with Gasteiger partial charge in [-0.1, -0.05) is 0 Å². The van der Waals surface area contributed by atoms with Crippen LogP contribution in [0.1, 0.15) is 16.9 Å². The first kappa shape index (κ1) is 10.8. The molecule has 4 heteroatoms. The molecule has 0 spiro atoms. The molecule has 1 N–H and O–H groups in total. The van der Waals surface area contributed by atoms with Crippen molar-refractivity contribution in [1.29, 1.82) is 0 Å². The Bertz CT molecular complexity index is 414. The molecule has 2 bridgehead atoms. The molecular formula is C13H19N3O. The van der Waals surface area contributed by atoms with E-state index in [2.05, 4.69) is 5.32 Å². The minimum absolute atomic E-state index is 0.189. The van der Waals surface area contributed by atoms with Crippen LogP contribution in [0.2, 0.25) is 0 Å². The van der Waals surface area contributed by atoms with Crippen molar-refractivity contribution in [1.82, 2.24) is 14.8 Å². The van der Waals surface area contributed by atoms with Gasteiger partial charge in [-0.3, -0.25) is 4.79 Å². The highest BCUT2D eigenvalue weighted by molar-refractivity contribution is 5.92. The highest BCUT2D eigenvalue weighted by atomic mass is 16.2. The summed E-state index contributed by atoms with van der Waals surface area (Å²) >= 11 is 0. The Kier molecular flexibility index (Phi) is 2.67. The fourth-order valence-corrected chi connectivity index (χ4v) is 3.12. The van der Waals surface area contributed by atoms with Crippen LogP contribution in [-0.4, -0.2) is 41.6 Å². The number of nitrogens with one attached hydrogen (secondary N) is 1. The third-order valence-corrected chi connectivity index (χ3v) is 3.94. The van der Waals surface area contributed by atoms with E-state index in [-0.39, 0.29) is 5.91 Å². The summed E-state index contributed by atoms with van der Waals surface area (Å²) in [6.45, 7) is 3.95. The SMILES string of the molecule is Cn1cccc1C(=O)N1C[C@@H]2CNC[C@@H](C2)C1. The molecule has 4 nitrogen and oxygen atoms in total. The summed E-state index contributed by atoms with van der Waals surface area (Å²) in [6, 6.07) is 3.84. The van der Waals surface area contributed by atoms with E-state index in [1.54, 1.807) is 0 Å². The molecule has 0 saturated carbocycles. The molecule has 17 heavy (non-hydrogen) atoms. The topological polar surface area (TPSA) is 37.3 Å². The van der Waals surface area contributed by atoms with E-state index in [9.17, 15) is 4.79 Å². The molecule has 0 radical (unpaired) electrons. The molecule has 1 amide bonds. The number of amides is 1. The van der Waals surface area contributed by atoms with Crippen LogP contribution in [-0.2, 0) is 7.05 Å². The van der Waals surface area contributed by atoms with Crippen LogP contribution in [0, 0.1) is 11.8 Å². The second kappa shape index (κ2) is 4.18. The molecule has 3 rings (SSSR count). The van der Waals surface area contributed by atoms with E-state index >= 15 is 0 Å². The molecular weight excluding hydrogens is 214 g/mol. The zero-order valence-corrected chi connectivity index (χ0v) is 10.2. The van der Waals surface area contributed by atoms with Crippen LogP contribution in [0.15, 0.2) is 18.3 Å². The van der Waals surface area contributed by atoms with Gasteiger partial charge in [0.1, 0.15) is 5.69 Å². The van der Waals surface area contributed by atoms with Gasteiger partial charge >= 0.3 is 0 Å². The number of hydrogen-bond acceptors (Lipinski definition) is 2. The fourth-order valence-electron chi connectivity index (χ4n) is 3.12. The number of likely N-dealkylation sites (tertiary alicyclic amines) is 1. The summed E-state index contributed by atoms with van der Waals surface area (Å²) in [7, 11) is 1.93. The van der Waals surface area contributed by atoms with E-state index in [0.717, 1.165) is 31.9 Å². The first-order valence-corrected chi connectivity index (χ1v) is 6.35. The van der Waals surface area contributed by atoms with E-state index < -0.39 is 0 Å². The summed E-state index contributed by atoms with van der Waals surface area (Å²) in [4.78, 5) is 14.4. The Balaban J connectivity index is 1.76. The van der Waals surface area contributed by atoms with Gasteiger partial charge in [0, 0.05) is 26.3 Å². The Morgan fingerprint density at radius 3 is 2.65 bits per heavy atom. The molecule has 0 aromatic carbocycles. The highest BCUT2D eigenvalue weighted by Crippen LogP contribution is 2.25. The maximum absolute atomic E-state index is 12.4. The van der Waals surface area contributed by atoms with Crippen molar-refractivity contribution in [2.45, 2.75) is 6.42 Å². The molecule has 1 aromatic heterocycles. The van der Waals surface area contributed by atoms with Gasteiger partial charge in [-0.05, 0) is 43.5 Å². The van der Waals surface area contributed by atoms with Gasteiger partial charge < -0.3 is 14.8 Å². The van der Waals surface area contributed by atoms with Gasteiger partial charge in [-0.15, -0.1) is 0 Å². The maximum atomic E-state index is 12.4. The van der Waals surface area contributed by atoms with Gasteiger partial charge in [-0.2, -0.15) is 0 Å². The smallest absolute Gasteiger partial charge is 0.270 e. The van der Waals surface area contributed by atoms with E-state index in [0.29, 0.717) is 11.8 Å². The zero-order valence-electron chi connectivity index (χ0n) is 10.2. The molecule has 2 fully saturated rings. The predicted octanol–water partition coefficient (Wildman–Crippen LogP) is 0.707. The normalized spacial score (nSPS) is 28.2. The Morgan fingerprint density at radius 2 is 2.06 bits per heavy atom. The first-order valence-electron chi connectivity index (χ1n) is 6.35. The molecule has 1 aromatic rings. The number of hydrogen-bond donors (Lipinski definition) is 1. The molecule has 3 heterocycles. The summed E-state index contributed by atoms with van der Waals surface area (Å²) < 4.78 is 1.91. The minimum atomic E-state index is 0.189. The van der Waals surface area contributed by atoms with Crippen molar-refractivity contribution in [3.63, 3.8) is 0 Å².